The lowest BCUT2D eigenvalue weighted by molar-refractivity contribution is -0.120. The lowest BCUT2D eigenvalue weighted by atomic mass is 9.97. The van der Waals surface area contributed by atoms with Gasteiger partial charge in [-0.2, -0.15) is 0 Å². The van der Waals surface area contributed by atoms with Crippen LogP contribution in [0, 0.1) is 0 Å². The van der Waals surface area contributed by atoms with E-state index in [4.69, 9.17) is 5.73 Å². The molecule has 0 heterocycles. The Morgan fingerprint density at radius 3 is 1.97 bits per heavy atom. The third kappa shape index (κ3) is 6.03. The lowest BCUT2D eigenvalue weighted by Crippen LogP contribution is -2.52. The molecule has 0 aliphatic rings. The Morgan fingerprint density at radius 2 is 1.37 bits per heavy atom. The van der Waals surface area contributed by atoms with Gasteiger partial charge in [0.15, 0.2) is 0 Å². The molecule has 154 valence electrons. The van der Waals surface area contributed by atoms with Crippen molar-refractivity contribution in [2.24, 2.45) is 5.73 Å². The molecule has 3 aromatic carbocycles. The highest BCUT2D eigenvalue weighted by Gasteiger charge is 2.29. The maximum Gasteiger partial charge on any atom is 0.251 e. The Hall–Kier alpha value is -3.44. The molecule has 3 aromatic rings. The number of aryl methyl sites for hydroxylation is 1. The van der Waals surface area contributed by atoms with Crippen molar-refractivity contribution in [2.75, 3.05) is 6.54 Å². The molecule has 5 heteroatoms. The summed E-state index contributed by atoms with van der Waals surface area (Å²) in [5.41, 5.74) is 8.35. The van der Waals surface area contributed by atoms with Crippen molar-refractivity contribution in [1.82, 2.24) is 10.6 Å². The molecule has 3 rings (SSSR count). The number of carbonyl (C=O) groups is 2. The number of amides is 2. The lowest BCUT2D eigenvalue weighted by Gasteiger charge is -2.27. The number of primary amides is 1. The van der Waals surface area contributed by atoms with Gasteiger partial charge in [-0.3, -0.25) is 9.59 Å². The van der Waals surface area contributed by atoms with Crippen LogP contribution in [-0.4, -0.2) is 24.4 Å². The zero-order valence-electron chi connectivity index (χ0n) is 16.8. The summed E-state index contributed by atoms with van der Waals surface area (Å²) in [5, 5.41) is 6.24. The van der Waals surface area contributed by atoms with Crippen LogP contribution in [0.3, 0.4) is 0 Å². The van der Waals surface area contributed by atoms with Gasteiger partial charge >= 0.3 is 0 Å². The summed E-state index contributed by atoms with van der Waals surface area (Å²) in [6, 6.07) is 27.4. The minimum Gasteiger partial charge on any atom is -0.368 e. The first kappa shape index (κ1) is 21.3. The van der Waals surface area contributed by atoms with E-state index in [-0.39, 0.29) is 5.91 Å². The maximum atomic E-state index is 12.7. The fourth-order valence-electron chi connectivity index (χ4n) is 3.42. The molecule has 2 atom stereocenters. The fraction of sp³-hybridized carbons (Fsp3) is 0.200. The standard InChI is InChI=1S/C25H27N3O2/c26-24(29)23(28-25(30)21-16-8-3-9-17-21)22(20-14-6-2-7-15-20)27-18-10-13-19-11-4-1-5-12-19/h1-9,11-12,14-17,22-23,27H,10,13,18H2,(H2,26,29)(H,28,30)/t22-,23-/m0/s1. The third-order valence-corrected chi connectivity index (χ3v) is 4.97. The van der Waals surface area contributed by atoms with Crippen LogP contribution in [0.1, 0.15) is 33.9 Å². The van der Waals surface area contributed by atoms with E-state index in [1.165, 1.54) is 5.56 Å². The van der Waals surface area contributed by atoms with Gasteiger partial charge in [0.05, 0.1) is 6.04 Å². The zero-order valence-corrected chi connectivity index (χ0v) is 16.8. The van der Waals surface area contributed by atoms with E-state index < -0.39 is 18.0 Å². The van der Waals surface area contributed by atoms with Crippen LogP contribution in [-0.2, 0) is 11.2 Å². The second-order valence-electron chi connectivity index (χ2n) is 7.15. The number of hydrogen-bond donors (Lipinski definition) is 3. The van der Waals surface area contributed by atoms with Gasteiger partial charge in [-0.25, -0.2) is 0 Å². The van der Waals surface area contributed by atoms with Crippen molar-refractivity contribution < 1.29 is 9.59 Å². The minimum atomic E-state index is -0.878. The van der Waals surface area contributed by atoms with Crippen molar-refractivity contribution in [3.63, 3.8) is 0 Å². The summed E-state index contributed by atoms with van der Waals surface area (Å²) in [4.78, 5) is 25.0. The van der Waals surface area contributed by atoms with Crippen LogP contribution in [0.2, 0.25) is 0 Å². The van der Waals surface area contributed by atoms with E-state index in [0.717, 1.165) is 18.4 Å². The Kier molecular flexibility index (Phi) is 7.75. The van der Waals surface area contributed by atoms with E-state index in [1.807, 2.05) is 54.6 Å². The van der Waals surface area contributed by atoms with E-state index in [0.29, 0.717) is 12.1 Å². The van der Waals surface area contributed by atoms with E-state index in [2.05, 4.69) is 22.8 Å². The van der Waals surface area contributed by atoms with Crippen LogP contribution in [0.4, 0.5) is 0 Å². The minimum absolute atomic E-state index is 0.327. The van der Waals surface area contributed by atoms with Gasteiger partial charge in [-0.1, -0.05) is 78.9 Å². The molecular weight excluding hydrogens is 374 g/mol. The maximum absolute atomic E-state index is 12.7. The smallest absolute Gasteiger partial charge is 0.251 e. The van der Waals surface area contributed by atoms with Crippen LogP contribution >= 0.6 is 0 Å². The molecule has 2 amide bonds. The van der Waals surface area contributed by atoms with Gasteiger partial charge in [-0.15, -0.1) is 0 Å². The monoisotopic (exact) mass is 401 g/mol. The first-order valence-corrected chi connectivity index (χ1v) is 10.1. The molecule has 0 aliphatic heterocycles. The van der Waals surface area contributed by atoms with Gasteiger partial charge in [0, 0.05) is 5.56 Å². The molecule has 4 N–H and O–H groups in total. The largest absolute Gasteiger partial charge is 0.368 e. The third-order valence-electron chi connectivity index (χ3n) is 4.97. The summed E-state index contributed by atoms with van der Waals surface area (Å²) >= 11 is 0. The molecule has 0 fully saturated rings. The van der Waals surface area contributed by atoms with E-state index >= 15 is 0 Å². The Balaban J connectivity index is 1.71. The molecular formula is C25H27N3O2. The molecule has 0 aliphatic carbocycles. The number of hydrogen-bond acceptors (Lipinski definition) is 3. The molecule has 30 heavy (non-hydrogen) atoms. The van der Waals surface area contributed by atoms with Crippen molar-refractivity contribution >= 4 is 11.8 Å². The van der Waals surface area contributed by atoms with Gasteiger partial charge in [0.25, 0.3) is 5.91 Å². The number of carbonyl (C=O) groups excluding carboxylic acids is 2. The van der Waals surface area contributed by atoms with Gasteiger partial charge in [-0.05, 0) is 42.6 Å². The summed E-state index contributed by atoms with van der Waals surface area (Å²) in [6.45, 7) is 0.680. The molecule has 5 nitrogen and oxygen atoms in total. The highest BCUT2D eigenvalue weighted by atomic mass is 16.2. The van der Waals surface area contributed by atoms with Gasteiger partial charge in [0.1, 0.15) is 6.04 Å². The number of benzene rings is 3. The molecule has 0 bridgehead atoms. The van der Waals surface area contributed by atoms with Crippen molar-refractivity contribution in [2.45, 2.75) is 24.9 Å². The summed E-state index contributed by atoms with van der Waals surface area (Å²) in [5.74, 6) is -0.907. The van der Waals surface area contributed by atoms with E-state index in [1.54, 1.807) is 24.3 Å². The van der Waals surface area contributed by atoms with Gasteiger partial charge in [0.2, 0.25) is 5.91 Å². The average Bonchev–Trinajstić information content (AvgIpc) is 2.79. The summed E-state index contributed by atoms with van der Waals surface area (Å²) in [7, 11) is 0. The SMILES string of the molecule is NC(=O)[C@@H](NC(=O)c1ccccc1)[C@@H](NCCCc1ccccc1)c1ccccc1. The molecule has 0 saturated carbocycles. The Bertz CT molecular complexity index is 930. The molecule has 0 unspecified atom stereocenters. The average molecular weight is 402 g/mol. The first-order valence-electron chi connectivity index (χ1n) is 10.1. The number of nitrogens with one attached hydrogen (secondary N) is 2. The fourth-order valence-corrected chi connectivity index (χ4v) is 3.42. The van der Waals surface area contributed by atoms with Crippen molar-refractivity contribution in [3.05, 3.63) is 108 Å². The van der Waals surface area contributed by atoms with Gasteiger partial charge < -0.3 is 16.4 Å². The van der Waals surface area contributed by atoms with Crippen LogP contribution in [0.25, 0.3) is 0 Å². The predicted molar refractivity (Wildman–Crippen MR) is 119 cm³/mol. The highest BCUT2D eigenvalue weighted by Crippen LogP contribution is 2.18. The molecule has 0 aromatic heterocycles. The predicted octanol–water partition coefficient (Wildman–Crippen LogP) is 3.23. The first-order chi connectivity index (χ1) is 14.6. The number of nitrogens with two attached hydrogens (primary N) is 1. The quantitative estimate of drug-likeness (QED) is 0.456. The van der Waals surface area contributed by atoms with Crippen LogP contribution in [0.5, 0.6) is 0 Å². The normalized spacial score (nSPS) is 12.7. The number of rotatable bonds is 10. The van der Waals surface area contributed by atoms with E-state index in [9.17, 15) is 9.59 Å². The van der Waals surface area contributed by atoms with Crippen LogP contribution in [0.15, 0.2) is 91.0 Å². The van der Waals surface area contributed by atoms with Crippen molar-refractivity contribution in [1.29, 1.82) is 0 Å². The van der Waals surface area contributed by atoms with Crippen molar-refractivity contribution in [3.8, 4) is 0 Å². The zero-order chi connectivity index (χ0) is 21.2. The topological polar surface area (TPSA) is 84.2 Å². The highest BCUT2D eigenvalue weighted by molar-refractivity contribution is 5.97. The summed E-state index contributed by atoms with van der Waals surface area (Å²) in [6.07, 6.45) is 1.82. The second kappa shape index (κ2) is 10.9. The van der Waals surface area contributed by atoms with Crippen LogP contribution < -0.4 is 16.4 Å². The molecule has 0 radical (unpaired) electrons. The Morgan fingerprint density at radius 1 is 0.800 bits per heavy atom. The molecule has 0 saturated heterocycles. The Labute approximate surface area is 177 Å². The second-order valence-corrected chi connectivity index (χ2v) is 7.15. The summed E-state index contributed by atoms with van der Waals surface area (Å²) < 4.78 is 0. The molecule has 0 spiro atoms.